The number of aromatic nitrogens is 1. The number of aryl methyl sites for hydroxylation is 1. The summed E-state index contributed by atoms with van der Waals surface area (Å²) in [5.74, 6) is -1.86. The fourth-order valence-electron chi connectivity index (χ4n) is 4.44. The third-order valence-electron chi connectivity index (χ3n) is 6.19. The van der Waals surface area contributed by atoms with Gasteiger partial charge in [0, 0.05) is 24.0 Å². The Kier molecular flexibility index (Phi) is 8.68. The van der Waals surface area contributed by atoms with E-state index in [1.165, 1.54) is 12.1 Å². The zero-order valence-corrected chi connectivity index (χ0v) is 20.6. The molecule has 0 aliphatic carbocycles. The number of amides is 1. The molecule has 7 nitrogen and oxygen atoms in total. The van der Waals surface area contributed by atoms with Crippen molar-refractivity contribution in [2.45, 2.75) is 38.0 Å². The normalized spacial score (nSPS) is 12.6. The van der Waals surface area contributed by atoms with Crippen LogP contribution in [0.15, 0.2) is 91.1 Å². The molecule has 4 rings (SSSR count). The number of nitrogens with zero attached hydrogens (tertiary/aromatic N) is 1. The minimum atomic E-state index is -1.17. The van der Waals surface area contributed by atoms with Gasteiger partial charge >= 0.3 is 5.97 Å². The number of aliphatic hydroxyl groups is 2. The minimum Gasteiger partial charge on any atom is -0.481 e. The van der Waals surface area contributed by atoms with E-state index < -0.39 is 30.4 Å². The summed E-state index contributed by atoms with van der Waals surface area (Å²) in [5.41, 5.74) is 3.85. The molecular formula is C30H29FN2O5. The van der Waals surface area contributed by atoms with Crippen LogP contribution in [0.5, 0.6) is 0 Å². The van der Waals surface area contributed by atoms with E-state index in [0.717, 1.165) is 5.56 Å². The Morgan fingerprint density at radius 2 is 1.47 bits per heavy atom. The number of carbonyl (C=O) groups is 2. The SMILES string of the molecule is O=C(O)C[C@@H](O)C[C@@H](O)CCn1cc(C(=O)Nc2ccccc2)c(-c2ccccc2)c1-c1ccc(F)cc1. The van der Waals surface area contributed by atoms with E-state index >= 15 is 0 Å². The van der Waals surface area contributed by atoms with Crippen LogP contribution in [0.2, 0.25) is 0 Å². The molecule has 0 radical (unpaired) electrons. The molecule has 1 aromatic heterocycles. The molecule has 0 saturated heterocycles. The standard InChI is InChI=1S/C30H29FN2O5/c31-22-13-11-21(12-14-22)29-28(20-7-3-1-4-8-20)26(30(38)32-23-9-5-2-6-10-23)19-33(29)16-15-24(34)17-25(35)18-27(36)37/h1-14,19,24-25,34-35H,15-18H2,(H,32,38)(H,36,37)/t24-,25-/m0/s1. The van der Waals surface area contributed by atoms with Crippen LogP contribution in [0.3, 0.4) is 0 Å². The van der Waals surface area contributed by atoms with Gasteiger partial charge in [0.15, 0.2) is 0 Å². The summed E-state index contributed by atoms with van der Waals surface area (Å²) in [4.78, 5) is 24.4. The van der Waals surface area contributed by atoms with Crippen LogP contribution in [0.1, 0.15) is 29.6 Å². The number of halogens is 1. The highest BCUT2D eigenvalue weighted by Crippen LogP contribution is 2.37. The van der Waals surface area contributed by atoms with E-state index in [-0.39, 0.29) is 25.3 Å². The topological polar surface area (TPSA) is 112 Å². The van der Waals surface area contributed by atoms with Gasteiger partial charge in [-0.05, 0) is 60.4 Å². The molecule has 0 saturated carbocycles. The molecule has 4 aromatic rings. The molecule has 0 aliphatic heterocycles. The highest BCUT2D eigenvalue weighted by Gasteiger charge is 2.24. The largest absolute Gasteiger partial charge is 0.481 e. The molecule has 3 aromatic carbocycles. The Balaban J connectivity index is 1.75. The minimum absolute atomic E-state index is 0.0909. The predicted molar refractivity (Wildman–Crippen MR) is 143 cm³/mol. The van der Waals surface area contributed by atoms with Crippen molar-refractivity contribution in [2.75, 3.05) is 5.32 Å². The number of hydrogen-bond acceptors (Lipinski definition) is 4. The van der Waals surface area contributed by atoms with Crippen LogP contribution in [0, 0.1) is 5.82 Å². The maximum Gasteiger partial charge on any atom is 0.305 e. The Morgan fingerprint density at radius 3 is 2.11 bits per heavy atom. The summed E-state index contributed by atoms with van der Waals surface area (Å²) < 4.78 is 15.6. The van der Waals surface area contributed by atoms with E-state index in [0.29, 0.717) is 28.1 Å². The summed E-state index contributed by atoms with van der Waals surface area (Å²) >= 11 is 0. The molecule has 1 heterocycles. The number of hydrogen-bond donors (Lipinski definition) is 4. The lowest BCUT2D eigenvalue weighted by atomic mass is 9.97. The van der Waals surface area contributed by atoms with Crippen LogP contribution in [0.4, 0.5) is 10.1 Å². The first-order valence-corrected chi connectivity index (χ1v) is 12.3. The molecule has 1 amide bonds. The number of rotatable bonds is 11. The molecule has 8 heteroatoms. The van der Waals surface area contributed by atoms with Crippen molar-refractivity contribution in [2.24, 2.45) is 0 Å². The van der Waals surface area contributed by atoms with E-state index in [1.54, 1.807) is 30.5 Å². The van der Waals surface area contributed by atoms with Crippen LogP contribution in [0.25, 0.3) is 22.4 Å². The average molecular weight is 517 g/mol. The van der Waals surface area contributed by atoms with Gasteiger partial charge in [0.25, 0.3) is 5.91 Å². The van der Waals surface area contributed by atoms with Crippen molar-refractivity contribution < 1.29 is 29.3 Å². The fraction of sp³-hybridized carbons (Fsp3) is 0.200. The van der Waals surface area contributed by atoms with Crippen LogP contribution >= 0.6 is 0 Å². The first-order chi connectivity index (χ1) is 18.3. The number of aliphatic carboxylic acids is 1. The molecule has 38 heavy (non-hydrogen) atoms. The smallest absolute Gasteiger partial charge is 0.305 e. The van der Waals surface area contributed by atoms with Gasteiger partial charge in [-0.15, -0.1) is 0 Å². The Hall–Kier alpha value is -4.27. The number of carboxylic acid groups (broad SMARTS) is 1. The second-order valence-electron chi connectivity index (χ2n) is 9.08. The molecular weight excluding hydrogens is 487 g/mol. The van der Waals surface area contributed by atoms with Crippen molar-refractivity contribution in [3.8, 4) is 22.4 Å². The molecule has 0 unspecified atom stereocenters. The first kappa shape index (κ1) is 26.8. The molecule has 4 N–H and O–H groups in total. The van der Waals surface area contributed by atoms with Crippen LogP contribution in [-0.4, -0.2) is 44.0 Å². The number of carbonyl (C=O) groups excluding carboxylic acids is 1. The monoisotopic (exact) mass is 516 g/mol. The summed E-state index contributed by atoms with van der Waals surface area (Å²) in [7, 11) is 0. The summed E-state index contributed by atoms with van der Waals surface area (Å²) in [6.07, 6.45) is -0.770. The lowest BCUT2D eigenvalue weighted by Gasteiger charge is -2.17. The van der Waals surface area contributed by atoms with E-state index in [9.17, 15) is 24.2 Å². The number of nitrogens with one attached hydrogen (secondary N) is 1. The van der Waals surface area contributed by atoms with Crippen molar-refractivity contribution in [1.82, 2.24) is 4.57 Å². The van der Waals surface area contributed by atoms with Crippen LogP contribution in [-0.2, 0) is 11.3 Å². The third kappa shape index (κ3) is 6.73. The second kappa shape index (κ2) is 12.3. The second-order valence-corrected chi connectivity index (χ2v) is 9.08. The van der Waals surface area contributed by atoms with E-state index in [2.05, 4.69) is 5.32 Å². The quantitative estimate of drug-likeness (QED) is 0.219. The molecule has 0 aliphatic rings. The fourth-order valence-corrected chi connectivity index (χ4v) is 4.44. The highest BCUT2D eigenvalue weighted by molar-refractivity contribution is 6.11. The van der Waals surface area contributed by atoms with Gasteiger partial charge in [0.2, 0.25) is 0 Å². The number of aliphatic hydroxyl groups excluding tert-OH is 2. The highest BCUT2D eigenvalue weighted by atomic mass is 19.1. The van der Waals surface area contributed by atoms with Gasteiger partial charge in [-0.1, -0.05) is 48.5 Å². The third-order valence-corrected chi connectivity index (χ3v) is 6.19. The Bertz CT molecular complexity index is 1370. The first-order valence-electron chi connectivity index (χ1n) is 12.3. The number of anilines is 1. The predicted octanol–water partition coefficient (Wildman–Crippen LogP) is 5.19. The molecule has 0 fully saturated rings. The van der Waals surface area contributed by atoms with Gasteiger partial charge in [-0.3, -0.25) is 9.59 Å². The zero-order valence-electron chi connectivity index (χ0n) is 20.6. The Labute approximate surface area is 219 Å². The number of benzene rings is 3. The van der Waals surface area contributed by atoms with Gasteiger partial charge in [-0.25, -0.2) is 4.39 Å². The van der Waals surface area contributed by atoms with E-state index in [4.69, 9.17) is 5.11 Å². The molecule has 0 spiro atoms. The summed E-state index contributed by atoms with van der Waals surface area (Å²) in [6.45, 7) is 0.270. The Morgan fingerprint density at radius 1 is 0.842 bits per heavy atom. The maximum atomic E-state index is 13.8. The molecule has 196 valence electrons. The van der Waals surface area contributed by atoms with Crippen LogP contribution < -0.4 is 5.32 Å². The molecule has 2 atom stereocenters. The summed E-state index contributed by atoms with van der Waals surface area (Å²) in [5, 5.41) is 32.2. The van der Waals surface area contributed by atoms with Gasteiger partial charge in [0.1, 0.15) is 5.82 Å². The summed E-state index contributed by atoms with van der Waals surface area (Å²) in [6, 6.07) is 24.4. The van der Waals surface area contributed by atoms with E-state index in [1.807, 2.05) is 53.1 Å². The zero-order chi connectivity index (χ0) is 27.1. The molecule has 0 bridgehead atoms. The lowest BCUT2D eigenvalue weighted by molar-refractivity contribution is -0.139. The van der Waals surface area contributed by atoms with Crippen molar-refractivity contribution in [3.63, 3.8) is 0 Å². The van der Waals surface area contributed by atoms with Crippen molar-refractivity contribution >= 4 is 17.6 Å². The number of para-hydroxylation sites is 1. The van der Waals surface area contributed by atoms with Gasteiger partial charge in [0.05, 0.1) is 29.9 Å². The average Bonchev–Trinajstić information content (AvgIpc) is 3.28. The van der Waals surface area contributed by atoms with Crippen molar-refractivity contribution in [1.29, 1.82) is 0 Å². The maximum absolute atomic E-state index is 13.8. The lowest BCUT2D eigenvalue weighted by Crippen LogP contribution is -2.21. The number of carboxylic acids is 1. The van der Waals surface area contributed by atoms with Gasteiger partial charge < -0.3 is 25.2 Å². The van der Waals surface area contributed by atoms with Gasteiger partial charge in [-0.2, -0.15) is 0 Å². The van der Waals surface area contributed by atoms with Crippen molar-refractivity contribution in [3.05, 3.63) is 103 Å².